The molecule has 2 aliphatic heterocycles. The molecule has 2 heterocycles. The molecular weight excluding hydrogens is 472 g/mol. The molecule has 1 unspecified atom stereocenters. The molecule has 1 aromatic carbocycles. The number of hydrogen-bond acceptors (Lipinski definition) is 10. The lowest BCUT2D eigenvalue weighted by Gasteiger charge is -2.42. The van der Waals surface area contributed by atoms with E-state index in [1.807, 2.05) is 0 Å². The number of sulfone groups is 1. The predicted octanol–water partition coefficient (Wildman–Crippen LogP) is 1.09. The zero-order valence-electron chi connectivity index (χ0n) is 19.0. The summed E-state index contributed by atoms with van der Waals surface area (Å²) in [6.45, 7) is 5.32. The summed E-state index contributed by atoms with van der Waals surface area (Å²) in [6.07, 6.45) is -3.43. The third-order valence-electron chi connectivity index (χ3n) is 5.58. The molecular formula is C21H26N2O10S. The predicted molar refractivity (Wildman–Crippen MR) is 115 cm³/mol. The fourth-order valence-electron chi connectivity index (χ4n) is 3.85. The summed E-state index contributed by atoms with van der Waals surface area (Å²) in [5, 5.41) is 0.798. The van der Waals surface area contributed by atoms with Crippen LogP contribution >= 0.6 is 0 Å². The van der Waals surface area contributed by atoms with Crippen LogP contribution in [0.1, 0.15) is 33.3 Å². The highest BCUT2D eigenvalue weighted by Gasteiger charge is 2.73. The minimum Gasteiger partial charge on any atom is -0.445 e. The van der Waals surface area contributed by atoms with Gasteiger partial charge in [-0.2, -0.15) is 0 Å². The fraction of sp³-hybridized carbons (Fsp3) is 0.524. The van der Waals surface area contributed by atoms with Crippen LogP contribution in [-0.4, -0.2) is 72.5 Å². The van der Waals surface area contributed by atoms with Gasteiger partial charge in [0.1, 0.15) is 23.4 Å². The Morgan fingerprint density at radius 3 is 2.38 bits per heavy atom. The molecule has 34 heavy (non-hydrogen) atoms. The van der Waals surface area contributed by atoms with Gasteiger partial charge in [-0.25, -0.2) is 22.8 Å². The number of nitrogens with one attached hydrogen (secondary N) is 1. The molecule has 3 rings (SSSR count). The van der Waals surface area contributed by atoms with Gasteiger partial charge in [0.2, 0.25) is 12.2 Å². The topological polar surface area (TPSA) is 155 Å². The van der Waals surface area contributed by atoms with Gasteiger partial charge in [-0.05, 0) is 26.3 Å². The first-order valence-electron chi connectivity index (χ1n) is 10.5. The molecule has 0 aliphatic carbocycles. The van der Waals surface area contributed by atoms with E-state index in [2.05, 4.69) is 10.1 Å². The van der Waals surface area contributed by atoms with E-state index in [9.17, 15) is 27.6 Å². The summed E-state index contributed by atoms with van der Waals surface area (Å²) in [6, 6.07) is 5.85. The van der Waals surface area contributed by atoms with Crippen molar-refractivity contribution in [2.24, 2.45) is 0 Å². The van der Waals surface area contributed by atoms with Crippen molar-refractivity contribution in [2.75, 3.05) is 6.61 Å². The molecule has 2 fully saturated rings. The fourth-order valence-corrected chi connectivity index (χ4v) is 6.06. The van der Waals surface area contributed by atoms with Crippen LogP contribution in [0.5, 0.6) is 0 Å². The van der Waals surface area contributed by atoms with Gasteiger partial charge in [-0.15, -0.1) is 0 Å². The first-order valence-corrected chi connectivity index (χ1v) is 12.0. The lowest BCUT2D eigenvalue weighted by Crippen LogP contribution is -2.72. The molecule has 13 heteroatoms. The molecule has 0 spiro atoms. The molecule has 1 N–H and O–H groups in total. The Morgan fingerprint density at radius 1 is 1.12 bits per heavy atom. The smallest absolute Gasteiger partial charge is 0.445 e. The molecule has 0 saturated carbocycles. The maximum absolute atomic E-state index is 13.2. The highest BCUT2D eigenvalue weighted by atomic mass is 32.2. The minimum atomic E-state index is -4.12. The monoisotopic (exact) mass is 498 g/mol. The largest absolute Gasteiger partial charge is 0.511 e. The summed E-state index contributed by atoms with van der Waals surface area (Å²) in [5.74, 6) is -1.86. The summed E-state index contributed by atoms with van der Waals surface area (Å²) >= 11 is 0. The molecule has 2 saturated heterocycles. The maximum atomic E-state index is 13.2. The van der Waals surface area contributed by atoms with Crippen molar-refractivity contribution in [3.05, 3.63) is 35.9 Å². The van der Waals surface area contributed by atoms with Crippen molar-refractivity contribution in [1.29, 1.82) is 0 Å². The van der Waals surface area contributed by atoms with Gasteiger partial charge >= 0.3 is 18.2 Å². The van der Waals surface area contributed by atoms with Crippen LogP contribution in [0, 0.1) is 0 Å². The normalized spacial score (nSPS) is 24.8. The van der Waals surface area contributed by atoms with Crippen molar-refractivity contribution in [2.45, 2.75) is 62.8 Å². The number of carbonyl (C=O) groups is 4. The number of amides is 2. The summed E-state index contributed by atoms with van der Waals surface area (Å²) < 4.78 is 44.0. The molecule has 4 atom stereocenters. The molecule has 1 aromatic rings. The van der Waals surface area contributed by atoms with Crippen molar-refractivity contribution in [3.8, 4) is 0 Å². The number of nitrogens with zero attached hydrogens (tertiary/aromatic N) is 1. The molecule has 0 bridgehead atoms. The first kappa shape index (κ1) is 25.3. The van der Waals surface area contributed by atoms with Crippen LogP contribution in [0.3, 0.4) is 0 Å². The van der Waals surface area contributed by atoms with Gasteiger partial charge in [0.25, 0.3) is 0 Å². The van der Waals surface area contributed by atoms with Crippen LogP contribution in [0.25, 0.3) is 0 Å². The van der Waals surface area contributed by atoms with Crippen molar-refractivity contribution < 1.29 is 46.5 Å². The number of hydrogen-bond donors (Lipinski definition) is 1. The molecule has 2 aliphatic rings. The zero-order chi connectivity index (χ0) is 25.3. The Morgan fingerprint density at radius 2 is 1.76 bits per heavy atom. The summed E-state index contributed by atoms with van der Waals surface area (Å²) in [4.78, 5) is 50.0. The molecule has 186 valence electrons. The lowest BCUT2D eigenvalue weighted by molar-refractivity contribution is -0.180. The summed E-state index contributed by atoms with van der Waals surface area (Å²) in [5.41, 5.74) is 0.704. The second kappa shape index (κ2) is 9.49. The van der Waals surface area contributed by atoms with Crippen molar-refractivity contribution in [3.63, 3.8) is 0 Å². The number of esters is 1. The van der Waals surface area contributed by atoms with E-state index in [1.54, 1.807) is 37.3 Å². The van der Waals surface area contributed by atoms with Gasteiger partial charge in [-0.1, -0.05) is 30.3 Å². The number of rotatable bonds is 7. The van der Waals surface area contributed by atoms with Gasteiger partial charge in [0.05, 0.1) is 6.61 Å². The average molecular weight is 499 g/mol. The number of ether oxygens (including phenoxy) is 4. The van der Waals surface area contributed by atoms with E-state index in [0.717, 1.165) is 4.90 Å². The highest BCUT2D eigenvalue weighted by Crippen LogP contribution is 2.46. The molecule has 2 amide bonds. The number of carbonyl (C=O) groups excluding carboxylic acids is 4. The quantitative estimate of drug-likeness (QED) is 0.250. The zero-order valence-corrected chi connectivity index (χ0v) is 19.9. The van der Waals surface area contributed by atoms with Gasteiger partial charge in [-0.3, -0.25) is 4.79 Å². The van der Waals surface area contributed by atoms with Crippen molar-refractivity contribution >= 4 is 34.0 Å². The second-order valence-electron chi connectivity index (χ2n) is 8.18. The Hall–Kier alpha value is -3.35. The van der Waals surface area contributed by atoms with Gasteiger partial charge in [0, 0.05) is 6.92 Å². The van der Waals surface area contributed by atoms with Crippen LogP contribution < -0.4 is 5.32 Å². The Labute approximate surface area is 196 Å². The van der Waals surface area contributed by atoms with E-state index in [1.165, 1.54) is 20.8 Å². The van der Waals surface area contributed by atoms with E-state index < -0.39 is 62.5 Å². The van der Waals surface area contributed by atoms with E-state index >= 15 is 0 Å². The Balaban J connectivity index is 1.69. The summed E-state index contributed by atoms with van der Waals surface area (Å²) in [7, 11) is -4.12. The van der Waals surface area contributed by atoms with E-state index in [-0.39, 0.29) is 13.2 Å². The third kappa shape index (κ3) is 4.52. The number of β-lactam (4-membered cyclic amide) rings is 1. The SMILES string of the molecule is CCOC(=O)OC(C)OC(=O)[C@@H]1N2C(=O)[C@@H](NC(=O)OCc3ccccc3)[C@H]2S(=O)(=O)C1(C)C. The maximum Gasteiger partial charge on any atom is 0.511 e. The molecule has 0 aromatic heterocycles. The number of fused-ring (bicyclic) bond motifs is 1. The lowest BCUT2D eigenvalue weighted by atomic mass is 9.96. The van der Waals surface area contributed by atoms with Crippen LogP contribution in [-0.2, 0) is 45.0 Å². The number of alkyl carbamates (subject to hydrolysis) is 1. The standard InChI is InChI=1S/C21H26N2O10S/c1-5-30-20(27)33-12(2)32-18(25)15-21(3,4)34(28,29)17-14(16(24)23(15)17)22-19(26)31-11-13-9-7-6-8-10-13/h6-10,12,14-15,17H,5,11H2,1-4H3,(H,22,26)/t12?,14-,15+,17-/m1/s1. The van der Waals surface area contributed by atoms with Crippen LogP contribution in [0.15, 0.2) is 30.3 Å². The second-order valence-corrected chi connectivity index (χ2v) is 10.8. The molecule has 12 nitrogen and oxygen atoms in total. The van der Waals surface area contributed by atoms with Gasteiger partial charge in [0.15, 0.2) is 15.2 Å². The number of benzene rings is 1. The van der Waals surface area contributed by atoms with Gasteiger partial charge < -0.3 is 29.2 Å². The Kier molecular flexibility index (Phi) is 7.05. The minimum absolute atomic E-state index is 0.0412. The third-order valence-corrected chi connectivity index (χ3v) is 8.41. The highest BCUT2D eigenvalue weighted by molar-refractivity contribution is 7.94. The van der Waals surface area contributed by atoms with Crippen LogP contribution in [0.4, 0.5) is 9.59 Å². The Bertz CT molecular complexity index is 1070. The van der Waals surface area contributed by atoms with Crippen LogP contribution in [0.2, 0.25) is 0 Å². The van der Waals surface area contributed by atoms with E-state index in [4.69, 9.17) is 14.2 Å². The van der Waals surface area contributed by atoms with E-state index in [0.29, 0.717) is 5.56 Å². The van der Waals surface area contributed by atoms with Crippen molar-refractivity contribution in [1.82, 2.24) is 10.2 Å². The first-order chi connectivity index (χ1) is 15.9. The molecule has 0 radical (unpaired) electrons. The average Bonchev–Trinajstić information content (AvgIpc) is 2.91.